The number of hydrogen-bond donors (Lipinski definition) is 1. The lowest BCUT2D eigenvalue weighted by molar-refractivity contribution is 0.0299. The topological polar surface area (TPSA) is 67.5 Å². The summed E-state index contributed by atoms with van der Waals surface area (Å²) in [5.41, 5.74) is 3.18. The molecule has 1 aliphatic rings. The fourth-order valence-corrected chi connectivity index (χ4v) is 3.07. The molecule has 1 aromatic carbocycles. The minimum Gasteiger partial charge on any atom is -0.481 e. The van der Waals surface area contributed by atoms with E-state index < -0.39 is 0 Å². The van der Waals surface area contributed by atoms with Crippen molar-refractivity contribution in [1.29, 1.82) is 0 Å². The Kier molecular flexibility index (Phi) is 4.11. The van der Waals surface area contributed by atoms with Crippen molar-refractivity contribution in [3.8, 4) is 17.0 Å². The van der Waals surface area contributed by atoms with Gasteiger partial charge >= 0.3 is 0 Å². The molecule has 6 heteroatoms. The molecule has 25 heavy (non-hydrogen) atoms. The highest BCUT2D eigenvalue weighted by Gasteiger charge is 2.21. The molecule has 0 aliphatic carbocycles. The van der Waals surface area contributed by atoms with Gasteiger partial charge in [0.1, 0.15) is 5.69 Å². The fraction of sp³-hybridized carbons (Fsp3) is 0.263. The Morgan fingerprint density at radius 3 is 2.84 bits per heavy atom. The number of morpholine rings is 1. The van der Waals surface area contributed by atoms with E-state index in [4.69, 9.17) is 9.47 Å². The van der Waals surface area contributed by atoms with Gasteiger partial charge in [0.2, 0.25) is 5.88 Å². The monoisotopic (exact) mass is 337 g/mol. The van der Waals surface area contributed by atoms with Crippen LogP contribution >= 0.6 is 0 Å². The summed E-state index contributed by atoms with van der Waals surface area (Å²) < 4.78 is 10.8. The van der Waals surface area contributed by atoms with Gasteiger partial charge < -0.3 is 19.4 Å². The van der Waals surface area contributed by atoms with Gasteiger partial charge in [-0.2, -0.15) is 0 Å². The first-order valence-electron chi connectivity index (χ1n) is 8.26. The molecule has 1 amide bonds. The molecule has 1 aliphatic heterocycles. The van der Waals surface area contributed by atoms with Crippen molar-refractivity contribution >= 4 is 16.8 Å². The summed E-state index contributed by atoms with van der Waals surface area (Å²) in [5, 5.41) is 1.03. The number of hydrogen-bond acceptors (Lipinski definition) is 4. The van der Waals surface area contributed by atoms with Crippen LogP contribution in [0.5, 0.6) is 5.88 Å². The number of pyridine rings is 1. The average Bonchev–Trinajstić information content (AvgIpc) is 3.17. The normalized spacial score (nSPS) is 14.7. The van der Waals surface area contributed by atoms with Gasteiger partial charge in [-0.1, -0.05) is 18.2 Å². The zero-order chi connectivity index (χ0) is 17.2. The molecular weight excluding hydrogens is 318 g/mol. The minimum absolute atomic E-state index is 0.0118. The number of amides is 1. The van der Waals surface area contributed by atoms with Gasteiger partial charge in [0.05, 0.1) is 25.8 Å². The molecule has 6 nitrogen and oxygen atoms in total. The van der Waals surface area contributed by atoms with Crippen molar-refractivity contribution in [3.05, 3.63) is 48.3 Å². The molecule has 1 N–H and O–H groups in total. The molecule has 3 heterocycles. The number of nitrogens with zero attached hydrogens (tertiary/aromatic N) is 2. The Morgan fingerprint density at radius 1 is 1.24 bits per heavy atom. The highest BCUT2D eigenvalue weighted by atomic mass is 16.5. The zero-order valence-corrected chi connectivity index (χ0v) is 14.0. The molecule has 2 aromatic heterocycles. The van der Waals surface area contributed by atoms with Gasteiger partial charge in [0.15, 0.2) is 0 Å². The highest BCUT2D eigenvalue weighted by molar-refractivity contribution is 5.95. The predicted octanol–water partition coefficient (Wildman–Crippen LogP) is 2.71. The first kappa shape index (κ1) is 15.7. The largest absolute Gasteiger partial charge is 0.481 e. The van der Waals surface area contributed by atoms with Crippen LogP contribution in [0.15, 0.2) is 42.6 Å². The molecular formula is C19H19N3O3. The number of para-hydroxylation sites is 1. The quantitative estimate of drug-likeness (QED) is 0.798. The summed E-state index contributed by atoms with van der Waals surface area (Å²) in [6.45, 7) is 2.41. The Labute approximate surface area is 145 Å². The molecule has 3 aromatic rings. The first-order valence-corrected chi connectivity index (χ1v) is 8.26. The van der Waals surface area contributed by atoms with E-state index >= 15 is 0 Å². The smallest absolute Gasteiger partial charge is 0.270 e. The third-order valence-electron chi connectivity index (χ3n) is 4.41. The molecule has 0 bridgehead atoms. The van der Waals surface area contributed by atoms with Gasteiger partial charge in [-0.25, -0.2) is 4.98 Å². The Hall–Kier alpha value is -2.86. The zero-order valence-electron chi connectivity index (χ0n) is 14.0. The standard InChI is InChI=1S/C19H19N3O3/c1-24-18-15(10-13-4-2-3-5-16(13)21-18)14-11-17(20-12-14)19(23)22-6-8-25-9-7-22/h2-5,10-12,20H,6-9H2,1H3. The number of aromatic amines is 1. The van der Waals surface area contributed by atoms with Crippen molar-refractivity contribution in [1.82, 2.24) is 14.9 Å². The second-order valence-electron chi connectivity index (χ2n) is 5.94. The van der Waals surface area contributed by atoms with Gasteiger partial charge in [-0.3, -0.25) is 4.79 Å². The van der Waals surface area contributed by atoms with E-state index in [0.717, 1.165) is 22.0 Å². The lowest BCUT2D eigenvalue weighted by Gasteiger charge is -2.26. The second-order valence-corrected chi connectivity index (χ2v) is 5.94. The number of carbonyl (C=O) groups is 1. The van der Waals surface area contributed by atoms with Crippen molar-refractivity contribution in [2.24, 2.45) is 0 Å². The molecule has 1 fully saturated rings. The van der Waals surface area contributed by atoms with Crippen LogP contribution in [0.4, 0.5) is 0 Å². The van der Waals surface area contributed by atoms with Crippen molar-refractivity contribution in [2.45, 2.75) is 0 Å². The summed E-state index contributed by atoms with van der Waals surface area (Å²) in [5.74, 6) is 0.533. The number of benzene rings is 1. The number of carbonyl (C=O) groups excluding carboxylic acids is 1. The lowest BCUT2D eigenvalue weighted by atomic mass is 10.1. The first-order chi connectivity index (χ1) is 12.3. The summed E-state index contributed by atoms with van der Waals surface area (Å²) in [4.78, 5) is 22.1. The van der Waals surface area contributed by atoms with Crippen LogP contribution in [-0.4, -0.2) is 54.2 Å². The van der Waals surface area contributed by atoms with E-state index in [1.54, 1.807) is 12.0 Å². The van der Waals surface area contributed by atoms with Crippen LogP contribution in [0.25, 0.3) is 22.0 Å². The summed E-state index contributed by atoms with van der Waals surface area (Å²) >= 11 is 0. The maximum absolute atomic E-state index is 12.6. The van der Waals surface area contributed by atoms with E-state index in [-0.39, 0.29) is 5.91 Å². The number of fused-ring (bicyclic) bond motifs is 1. The average molecular weight is 337 g/mol. The Morgan fingerprint density at radius 2 is 2.04 bits per heavy atom. The second kappa shape index (κ2) is 6.57. The van der Waals surface area contributed by atoms with Gasteiger partial charge in [-0.05, 0) is 18.2 Å². The summed E-state index contributed by atoms with van der Waals surface area (Å²) in [6, 6.07) is 11.8. The molecule has 0 spiro atoms. The van der Waals surface area contributed by atoms with E-state index in [2.05, 4.69) is 9.97 Å². The Bertz CT molecular complexity index is 913. The van der Waals surface area contributed by atoms with Crippen LogP contribution in [0.3, 0.4) is 0 Å². The van der Waals surface area contributed by atoms with E-state index in [0.29, 0.717) is 37.9 Å². The molecule has 0 unspecified atom stereocenters. The van der Waals surface area contributed by atoms with Crippen LogP contribution < -0.4 is 4.74 Å². The number of methoxy groups -OCH3 is 1. The summed E-state index contributed by atoms with van der Waals surface area (Å²) in [6.07, 6.45) is 1.82. The van der Waals surface area contributed by atoms with E-state index in [1.165, 1.54) is 0 Å². The number of rotatable bonds is 3. The predicted molar refractivity (Wildman–Crippen MR) is 94.8 cm³/mol. The van der Waals surface area contributed by atoms with Gasteiger partial charge in [0.25, 0.3) is 5.91 Å². The number of nitrogens with one attached hydrogen (secondary N) is 1. The van der Waals surface area contributed by atoms with Crippen molar-refractivity contribution < 1.29 is 14.3 Å². The van der Waals surface area contributed by atoms with Gasteiger partial charge in [0, 0.05) is 35.8 Å². The highest BCUT2D eigenvalue weighted by Crippen LogP contribution is 2.32. The van der Waals surface area contributed by atoms with Crippen LogP contribution in [0.1, 0.15) is 10.5 Å². The molecule has 0 saturated carbocycles. The minimum atomic E-state index is -0.0118. The van der Waals surface area contributed by atoms with Crippen molar-refractivity contribution in [2.75, 3.05) is 33.4 Å². The maximum atomic E-state index is 12.6. The fourth-order valence-electron chi connectivity index (χ4n) is 3.07. The lowest BCUT2D eigenvalue weighted by Crippen LogP contribution is -2.40. The number of ether oxygens (including phenoxy) is 2. The Balaban J connectivity index is 1.69. The maximum Gasteiger partial charge on any atom is 0.270 e. The van der Waals surface area contributed by atoms with E-state index in [9.17, 15) is 4.79 Å². The molecule has 1 saturated heterocycles. The van der Waals surface area contributed by atoms with Crippen LogP contribution in [0, 0.1) is 0 Å². The third-order valence-corrected chi connectivity index (χ3v) is 4.41. The number of aromatic nitrogens is 2. The van der Waals surface area contributed by atoms with Crippen LogP contribution in [0.2, 0.25) is 0 Å². The number of H-pyrrole nitrogens is 1. The molecule has 0 atom stereocenters. The summed E-state index contributed by atoms with van der Waals surface area (Å²) in [7, 11) is 1.60. The molecule has 128 valence electrons. The van der Waals surface area contributed by atoms with Crippen LogP contribution in [-0.2, 0) is 4.74 Å². The SMILES string of the molecule is COc1nc2ccccc2cc1-c1c[nH]c(C(=O)N2CCOCC2)c1. The molecule has 0 radical (unpaired) electrons. The van der Waals surface area contributed by atoms with E-state index in [1.807, 2.05) is 42.6 Å². The molecule has 4 rings (SSSR count). The van der Waals surface area contributed by atoms with Crippen molar-refractivity contribution in [3.63, 3.8) is 0 Å². The third kappa shape index (κ3) is 2.96. The van der Waals surface area contributed by atoms with Gasteiger partial charge in [-0.15, -0.1) is 0 Å².